The third kappa shape index (κ3) is 3.51. The van der Waals surface area contributed by atoms with Gasteiger partial charge in [0, 0.05) is 28.8 Å². The van der Waals surface area contributed by atoms with Gasteiger partial charge in [0.25, 0.3) is 0 Å². The summed E-state index contributed by atoms with van der Waals surface area (Å²) in [7, 11) is 0. The Labute approximate surface area is 111 Å². The summed E-state index contributed by atoms with van der Waals surface area (Å²) < 4.78 is 0. The molecule has 3 nitrogen and oxygen atoms in total. The van der Waals surface area contributed by atoms with Crippen LogP contribution in [0.3, 0.4) is 0 Å². The highest BCUT2D eigenvalue weighted by Gasteiger charge is 2.17. The summed E-state index contributed by atoms with van der Waals surface area (Å²) in [4.78, 5) is 13.7. The number of rotatable bonds is 3. The average molecular weight is 273 g/mol. The minimum absolute atomic E-state index is 0.124. The van der Waals surface area contributed by atoms with Crippen molar-refractivity contribution in [2.75, 3.05) is 25.0 Å². The molecule has 5 heteroatoms. The van der Waals surface area contributed by atoms with Gasteiger partial charge in [0.2, 0.25) is 5.91 Å². The van der Waals surface area contributed by atoms with Crippen LogP contribution in [0.1, 0.15) is 12.8 Å². The topological polar surface area (TPSA) is 32.3 Å². The van der Waals surface area contributed by atoms with Crippen LogP contribution in [-0.2, 0) is 4.79 Å². The molecule has 0 bridgehead atoms. The van der Waals surface area contributed by atoms with Gasteiger partial charge in [-0.25, -0.2) is 0 Å². The molecule has 92 valence electrons. The molecule has 1 aromatic carbocycles. The highest BCUT2D eigenvalue weighted by Crippen LogP contribution is 2.22. The van der Waals surface area contributed by atoms with Crippen LogP contribution in [0.5, 0.6) is 0 Å². The van der Waals surface area contributed by atoms with Gasteiger partial charge in [0.1, 0.15) is 0 Å². The number of nitrogens with zero attached hydrogens (tertiary/aromatic N) is 1. The highest BCUT2D eigenvalue weighted by molar-refractivity contribution is 6.35. The van der Waals surface area contributed by atoms with Crippen molar-refractivity contribution < 1.29 is 4.79 Å². The summed E-state index contributed by atoms with van der Waals surface area (Å²) in [6.45, 7) is 2.03. The number of benzene rings is 1. The summed E-state index contributed by atoms with van der Waals surface area (Å²) >= 11 is 11.7. The molecule has 0 saturated carbocycles. The molecule has 0 aliphatic carbocycles. The number of hydrogen-bond donors (Lipinski definition) is 1. The van der Waals surface area contributed by atoms with Gasteiger partial charge in [-0.15, -0.1) is 0 Å². The lowest BCUT2D eigenvalue weighted by atomic mass is 10.3. The molecule has 2 rings (SSSR count). The number of carbonyl (C=O) groups excluding carboxylic acids is 1. The van der Waals surface area contributed by atoms with E-state index >= 15 is 0 Å². The maximum Gasteiger partial charge on any atom is 0.241 e. The quantitative estimate of drug-likeness (QED) is 0.918. The molecule has 1 fully saturated rings. The lowest BCUT2D eigenvalue weighted by Crippen LogP contribution is -2.32. The van der Waals surface area contributed by atoms with Gasteiger partial charge in [-0.2, -0.15) is 0 Å². The Hall–Kier alpha value is -0.930. The molecule has 1 saturated heterocycles. The zero-order valence-electron chi connectivity index (χ0n) is 9.38. The average Bonchev–Trinajstić information content (AvgIpc) is 2.78. The Morgan fingerprint density at radius 2 is 1.76 bits per heavy atom. The predicted molar refractivity (Wildman–Crippen MR) is 70.8 cm³/mol. The summed E-state index contributed by atoms with van der Waals surface area (Å²) in [6.07, 6.45) is 2.21. The molecule has 1 N–H and O–H groups in total. The molecule has 1 heterocycles. The van der Waals surface area contributed by atoms with Crippen LogP contribution >= 0.6 is 23.2 Å². The fourth-order valence-corrected chi connectivity index (χ4v) is 2.44. The SMILES string of the molecule is O=C(CNc1cc(Cl)cc(Cl)c1)N1CCCC1. The molecule has 0 unspecified atom stereocenters. The molecule has 0 atom stereocenters. The first-order chi connectivity index (χ1) is 8.15. The number of amides is 1. The Balaban J connectivity index is 1.90. The number of likely N-dealkylation sites (tertiary alicyclic amines) is 1. The van der Waals surface area contributed by atoms with Crippen LogP contribution in [0.2, 0.25) is 10.0 Å². The minimum Gasteiger partial charge on any atom is -0.376 e. The van der Waals surface area contributed by atoms with Crippen molar-refractivity contribution in [3.63, 3.8) is 0 Å². The zero-order valence-corrected chi connectivity index (χ0v) is 10.9. The van der Waals surface area contributed by atoms with E-state index in [1.807, 2.05) is 4.90 Å². The van der Waals surface area contributed by atoms with Gasteiger partial charge in [-0.05, 0) is 31.0 Å². The molecule has 1 aromatic rings. The lowest BCUT2D eigenvalue weighted by molar-refractivity contribution is -0.128. The van der Waals surface area contributed by atoms with Crippen molar-refractivity contribution in [2.45, 2.75) is 12.8 Å². The van der Waals surface area contributed by atoms with Gasteiger partial charge in [0.05, 0.1) is 6.54 Å². The largest absolute Gasteiger partial charge is 0.376 e. The third-order valence-electron chi connectivity index (χ3n) is 2.77. The maximum absolute atomic E-state index is 11.8. The van der Waals surface area contributed by atoms with Crippen LogP contribution in [0.4, 0.5) is 5.69 Å². The molecule has 0 aromatic heterocycles. The Morgan fingerprint density at radius 3 is 2.35 bits per heavy atom. The molecule has 0 spiro atoms. The van der Waals surface area contributed by atoms with E-state index in [1.54, 1.807) is 18.2 Å². The maximum atomic E-state index is 11.8. The molecule has 1 aliphatic heterocycles. The number of halogens is 2. The molecular weight excluding hydrogens is 259 g/mol. The van der Waals surface area contributed by atoms with Gasteiger partial charge in [-0.1, -0.05) is 23.2 Å². The lowest BCUT2D eigenvalue weighted by Gasteiger charge is -2.16. The van der Waals surface area contributed by atoms with E-state index in [9.17, 15) is 4.79 Å². The fraction of sp³-hybridized carbons (Fsp3) is 0.417. The number of nitrogens with one attached hydrogen (secondary N) is 1. The van der Waals surface area contributed by atoms with Crippen molar-refractivity contribution in [3.8, 4) is 0 Å². The van der Waals surface area contributed by atoms with Crippen molar-refractivity contribution in [3.05, 3.63) is 28.2 Å². The number of carbonyl (C=O) groups is 1. The van der Waals surface area contributed by atoms with Gasteiger partial charge in [-0.3, -0.25) is 4.79 Å². The van der Waals surface area contributed by atoms with E-state index in [-0.39, 0.29) is 12.5 Å². The smallest absolute Gasteiger partial charge is 0.241 e. The Kier molecular flexibility index (Phi) is 4.13. The summed E-state index contributed by atoms with van der Waals surface area (Å²) in [5.41, 5.74) is 0.773. The number of hydrogen-bond acceptors (Lipinski definition) is 2. The molecule has 0 radical (unpaired) electrons. The van der Waals surface area contributed by atoms with E-state index in [1.165, 1.54) is 0 Å². The minimum atomic E-state index is 0.124. The van der Waals surface area contributed by atoms with Gasteiger partial charge in [0.15, 0.2) is 0 Å². The van der Waals surface area contributed by atoms with E-state index in [2.05, 4.69) is 5.32 Å². The highest BCUT2D eigenvalue weighted by atomic mass is 35.5. The molecular formula is C12H14Cl2N2O. The second kappa shape index (κ2) is 5.61. The Bertz CT molecular complexity index is 397. The molecule has 17 heavy (non-hydrogen) atoms. The summed E-state index contributed by atoms with van der Waals surface area (Å²) in [5, 5.41) is 4.17. The van der Waals surface area contributed by atoms with Crippen molar-refractivity contribution in [1.82, 2.24) is 4.90 Å². The standard InChI is InChI=1S/C12H14Cl2N2O/c13-9-5-10(14)7-11(6-9)15-8-12(17)16-3-1-2-4-16/h5-7,15H,1-4,8H2. The molecule has 1 aliphatic rings. The number of anilines is 1. The van der Waals surface area contributed by atoms with E-state index in [0.29, 0.717) is 10.0 Å². The first-order valence-electron chi connectivity index (χ1n) is 5.63. The Morgan fingerprint density at radius 1 is 1.18 bits per heavy atom. The third-order valence-corrected chi connectivity index (χ3v) is 3.20. The second-order valence-corrected chi connectivity index (χ2v) is 4.97. The van der Waals surface area contributed by atoms with Crippen LogP contribution in [0.25, 0.3) is 0 Å². The van der Waals surface area contributed by atoms with Crippen LogP contribution in [-0.4, -0.2) is 30.4 Å². The van der Waals surface area contributed by atoms with E-state index < -0.39 is 0 Å². The van der Waals surface area contributed by atoms with Crippen LogP contribution in [0.15, 0.2) is 18.2 Å². The summed E-state index contributed by atoms with van der Waals surface area (Å²) in [5.74, 6) is 0.124. The van der Waals surface area contributed by atoms with Crippen molar-refractivity contribution in [1.29, 1.82) is 0 Å². The van der Waals surface area contributed by atoms with Crippen molar-refractivity contribution in [2.24, 2.45) is 0 Å². The van der Waals surface area contributed by atoms with E-state index in [0.717, 1.165) is 31.6 Å². The normalized spacial score (nSPS) is 15.1. The van der Waals surface area contributed by atoms with Gasteiger partial charge < -0.3 is 10.2 Å². The van der Waals surface area contributed by atoms with Crippen molar-refractivity contribution >= 4 is 34.8 Å². The van der Waals surface area contributed by atoms with E-state index in [4.69, 9.17) is 23.2 Å². The van der Waals surface area contributed by atoms with Gasteiger partial charge >= 0.3 is 0 Å². The van der Waals surface area contributed by atoms with Crippen LogP contribution in [0, 0.1) is 0 Å². The summed E-state index contributed by atoms with van der Waals surface area (Å²) in [6, 6.07) is 5.17. The molecule has 1 amide bonds. The predicted octanol–water partition coefficient (Wildman–Crippen LogP) is 3.03. The first kappa shape index (κ1) is 12.5. The fourth-order valence-electron chi connectivity index (χ4n) is 1.91. The zero-order chi connectivity index (χ0) is 12.3. The second-order valence-electron chi connectivity index (χ2n) is 4.10. The van der Waals surface area contributed by atoms with Crippen LogP contribution < -0.4 is 5.32 Å². The monoisotopic (exact) mass is 272 g/mol. The first-order valence-corrected chi connectivity index (χ1v) is 6.38.